The molecule has 0 heterocycles. The molecule has 0 radical (unpaired) electrons. The molecule has 1 N–H and O–H groups in total. The normalized spacial score (nSPS) is 12.7. The summed E-state index contributed by atoms with van der Waals surface area (Å²) in [6.45, 7) is 8.59. The first-order chi connectivity index (χ1) is 9.49. The molecule has 1 unspecified atom stereocenters. The van der Waals surface area contributed by atoms with Crippen LogP contribution in [-0.2, 0) is 6.54 Å². The summed E-state index contributed by atoms with van der Waals surface area (Å²) in [6, 6.07) is 5.81. The zero-order valence-electron chi connectivity index (χ0n) is 12.5. The second-order valence-corrected chi connectivity index (χ2v) is 6.05. The van der Waals surface area contributed by atoms with E-state index in [4.69, 9.17) is 5.11 Å². The van der Waals surface area contributed by atoms with Crippen LogP contribution in [0.2, 0.25) is 0 Å². The molecule has 0 spiro atoms. The molecule has 0 bridgehead atoms. The van der Waals surface area contributed by atoms with Gasteiger partial charge in [0.1, 0.15) is 0 Å². The minimum absolute atomic E-state index is 0.323. The minimum atomic E-state index is -0.887. The molecule has 0 aliphatic carbocycles. The Balaban J connectivity index is 2.84. The third-order valence-electron chi connectivity index (χ3n) is 3.69. The Labute approximate surface area is 130 Å². The van der Waals surface area contributed by atoms with Crippen LogP contribution in [0.3, 0.4) is 0 Å². The monoisotopic (exact) mass is 341 g/mol. The van der Waals surface area contributed by atoms with E-state index in [0.29, 0.717) is 11.6 Å². The van der Waals surface area contributed by atoms with Gasteiger partial charge in [-0.25, -0.2) is 4.79 Å². The van der Waals surface area contributed by atoms with Crippen molar-refractivity contribution >= 4 is 21.9 Å². The van der Waals surface area contributed by atoms with Crippen LogP contribution in [0.4, 0.5) is 0 Å². The lowest BCUT2D eigenvalue weighted by molar-refractivity contribution is 0.0696. The lowest BCUT2D eigenvalue weighted by atomic mass is 10.1. The van der Waals surface area contributed by atoms with E-state index in [1.165, 1.54) is 12.8 Å². The number of aromatic carboxylic acids is 1. The van der Waals surface area contributed by atoms with E-state index in [1.807, 2.05) is 6.07 Å². The van der Waals surface area contributed by atoms with E-state index in [-0.39, 0.29) is 0 Å². The Bertz CT molecular complexity index is 448. The summed E-state index contributed by atoms with van der Waals surface area (Å²) in [6.07, 6.45) is 3.50. The molecule has 0 saturated heterocycles. The van der Waals surface area contributed by atoms with Gasteiger partial charge in [-0.05, 0) is 44.0 Å². The summed E-state index contributed by atoms with van der Waals surface area (Å²) in [7, 11) is 0. The van der Waals surface area contributed by atoms with Gasteiger partial charge in [-0.1, -0.05) is 42.3 Å². The van der Waals surface area contributed by atoms with Crippen LogP contribution in [0, 0.1) is 0 Å². The van der Waals surface area contributed by atoms with Crippen LogP contribution in [0.5, 0.6) is 0 Å². The van der Waals surface area contributed by atoms with Crippen LogP contribution in [0.15, 0.2) is 22.7 Å². The van der Waals surface area contributed by atoms with Crippen LogP contribution in [-0.4, -0.2) is 28.6 Å². The molecule has 0 fully saturated rings. The number of carboxylic acids is 1. The van der Waals surface area contributed by atoms with E-state index in [2.05, 4.69) is 41.6 Å². The molecule has 1 aromatic rings. The minimum Gasteiger partial charge on any atom is -0.478 e. The number of hydrogen-bond donors (Lipinski definition) is 1. The first kappa shape index (κ1) is 17.2. The van der Waals surface area contributed by atoms with Crippen molar-refractivity contribution in [3.05, 3.63) is 33.8 Å². The van der Waals surface area contributed by atoms with Crippen LogP contribution < -0.4 is 0 Å². The molecular formula is C16H24BrNO2. The Kier molecular flexibility index (Phi) is 7.24. The maximum Gasteiger partial charge on any atom is 0.335 e. The average molecular weight is 342 g/mol. The highest BCUT2D eigenvalue weighted by atomic mass is 79.9. The molecule has 1 rings (SSSR count). The van der Waals surface area contributed by atoms with E-state index in [1.54, 1.807) is 12.1 Å². The van der Waals surface area contributed by atoms with Crippen LogP contribution >= 0.6 is 15.9 Å². The maximum absolute atomic E-state index is 11.0. The van der Waals surface area contributed by atoms with Gasteiger partial charge in [0.2, 0.25) is 0 Å². The predicted molar refractivity (Wildman–Crippen MR) is 86.2 cm³/mol. The lowest BCUT2D eigenvalue weighted by Gasteiger charge is -2.28. The first-order valence-electron chi connectivity index (χ1n) is 7.25. The SMILES string of the molecule is CCCCN(Cc1ccc(C(=O)O)cc1Br)C(C)CC. The molecule has 4 heteroatoms. The maximum atomic E-state index is 11.0. The van der Waals surface area contributed by atoms with Gasteiger partial charge in [-0.2, -0.15) is 0 Å². The van der Waals surface area contributed by atoms with Crippen molar-refractivity contribution in [3.63, 3.8) is 0 Å². The second-order valence-electron chi connectivity index (χ2n) is 5.19. The molecule has 0 aromatic heterocycles. The van der Waals surface area contributed by atoms with E-state index >= 15 is 0 Å². The van der Waals surface area contributed by atoms with Gasteiger partial charge in [0, 0.05) is 17.1 Å². The number of halogens is 1. The zero-order chi connectivity index (χ0) is 15.1. The fourth-order valence-corrected chi connectivity index (χ4v) is 2.61. The van der Waals surface area contributed by atoms with Crippen LogP contribution in [0.25, 0.3) is 0 Å². The second kappa shape index (κ2) is 8.42. The van der Waals surface area contributed by atoms with Gasteiger partial charge in [0.05, 0.1) is 5.56 Å². The number of carboxylic acid groups (broad SMARTS) is 1. The molecule has 20 heavy (non-hydrogen) atoms. The topological polar surface area (TPSA) is 40.5 Å². The zero-order valence-corrected chi connectivity index (χ0v) is 14.1. The highest BCUT2D eigenvalue weighted by Gasteiger charge is 2.14. The quantitative estimate of drug-likeness (QED) is 0.754. The summed E-state index contributed by atoms with van der Waals surface area (Å²) in [5, 5.41) is 8.99. The Hall–Kier alpha value is -0.870. The number of hydrogen-bond acceptors (Lipinski definition) is 2. The lowest BCUT2D eigenvalue weighted by Crippen LogP contribution is -2.33. The highest BCUT2D eigenvalue weighted by Crippen LogP contribution is 2.22. The van der Waals surface area contributed by atoms with Crippen molar-refractivity contribution < 1.29 is 9.90 Å². The van der Waals surface area contributed by atoms with Crippen molar-refractivity contribution in [1.29, 1.82) is 0 Å². The Morgan fingerprint density at radius 1 is 1.40 bits per heavy atom. The number of carbonyl (C=O) groups is 1. The van der Waals surface area contributed by atoms with Gasteiger partial charge in [-0.15, -0.1) is 0 Å². The molecule has 0 aliphatic rings. The van der Waals surface area contributed by atoms with Gasteiger partial charge < -0.3 is 5.11 Å². The number of benzene rings is 1. The summed E-state index contributed by atoms with van der Waals surface area (Å²) in [5.41, 5.74) is 1.47. The fourth-order valence-electron chi connectivity index (χ4n) is 2.10. The predicted octanol–water partition coefficient (Wildman–Crippen LogP) is 4.55. The molecule has 3 nitrogen and oxygen atoms in total. The van der Waals surface area contributed by atoms with Gasteiger partial charge in [0.25, 0.3) is 0 Å². The van der Waals surface area contributed by atoms with E-state index in [0.717, 1.165) is 29.5 Å². The molecule has 0 aliphatic heterocycles. The third-order valence-corrected chi connectivity index (χ3v) is 4.42. The molecule has 0 saturated carbocycles. The van der Waals surface area contributed by atoms with Crippen molar-refractivity contribution in [2.24, 2.45) is 0 Å². The summed E-state index contributed by atoms with van der Waals surface area (Å²) >= 11 is 3.49. The number of nitrogens with zero attached hydrogens (tertiary/aromatic N) is 1. The smallest absolute Gasteiger partial charge is 0.335 e. The Morgan fingerprint density at radius 2 is 2.10 bits per heavy atom. The largest absolute Gasteiger partial charge is 0.478 e. The standard InChI is InChI=1S/C16H24BrNO2/c1-4-6-9-18(12(3)5-2)11-14-8-7-13(16(19)20)10-15(14)17/h7-8,10,12H,4-6,9,11H2,1-3H3,(H,19,20). The summed E-state index contributed by atoms with van der Waals surface area (Å²) < 4.78 is 0.877. The number of unbranched alkanes of at least 4 members (excludes halogenated alkanes) is 1. The number of rotatable bonds is 8. The molecule has 112 valence electrons. The van der Waals surface area contributed by atoms with Gasteiger partial charge >= 0.3 is 5.97 Å². The first-order valence-corrected chi connectivity index (χ1v) is 8.04. The summed E-state index contributed by atoms with van der Waals surface area (Å²) in [4.78, 5) is 13.4. The van der Waals surface area contributed by atoms with Crippen molar-refractivity contribution in [2.75, 3.05) is 6.54 Å². The van der Waals surface area contributed by atoms with Gasteiger partial charge in [0.15, 0.2) is 0 Å². The average Bonchev–Trinajstić information content (AvgIpc) is 2.43. The van der Waals surface area contributed by atoms with Gasteiger partial charge in [-0.3, -0.25) is 4.90 Å². The molecule has 0 amide bonds. The van der Waals surface area contributed by atoms with E-state index in [9.17, 15) is 4.79 Å². The van der Waals surface area contributed by atoms with Crippen molar-refractivity contribution in [3.8, 4) is 0 Å². The highest BCUT2D eigenvalue weighted by molar-refractivity contribution is 9.10. The van der Waals surface area contributed by atoms with E-state index < -0.39 is 5.97 Å². The van der Waals surface area contributed by atoms with Crippen molar-refractivity contribution in [1.82, 2.24) is 4.90 Å². The Morgan fingerprint density at radius 3 is 2.60 bits per heavy atom. The third kappa shape index (κ3) is 4.91. The van der Waals surface area contributed by atoms with Crippen LogP contribution in [0.1, 0.15) is 56.0 Å². The molecular weight excluding hydrogens is 318 g/mol. The fraction of sp³-hybridized carbons (Fsp3) is 0.562. The molecule has 1 atom stereocenters. The molecule has 1 aromatic carbocycles. The summed E-state index contributed by atoms with van der Waals surface area (Å²) in [5.74, 6) is -0.887. The van der Waals surface area contributed by atoms with Crippen molar-refractivity contribution in [2.45, 2.75) is 52.6 Å².